The van der Waals surface area contributed by atoms with Crippen LogP contribution < -0.4 is 15.4 Å². The van der Waals surface area contributed by atoms with E-state index in [0.29, 0.717) is 32.1 Å². The molecule has 8 nitrogen and oxygen atoms in total. The van der Waals surface area contributed by atoms with E-state index in [1.54, 1.807) is 31.5 Å². The molecule has 0 fully saturated rings. The maximum atomic E-state index is 12.7. The molecule has 1 heterocycles. The molecule has 0 unspecified atom stereocenters. The Balaban J connectivity index is 0.00000544. The third-order valence-electron chi connectivity index (χ3n) is 4.46. The number of pyridine rings is 1. The monoisotopic (exact) mass is 569 g/mol. The minimum atomic E-state index is -0.547. The van der Waals surface area contributed by atoms with Gasteiger partial charge in [-0.1, -0.05) is 18.2 Å². The van der Waals surface area contributed by atoms with E-state index < -0.39 is 5.60 Å². The van der Waals surface area contributed by atoms with Crippen molar-refractivity contribution < 1.29 is 14.3 Å². The zero-order valence-corrected chi connectivity index (χ0v) is 22.5. The van der Waals surface area contributed by atoms with Gasteiger partial charge in [0.1, 0.15) is 11.4 Å². The Kier molecular flexibility index (Phi) is 12.6. The van der Waals surface area contributed by atoms with Gasteiger partial charge in [-0.05, 0) is 56.5 Å². The Morgan fingerprint density at radius 2 is 1.91 bits per heavy atom. The predicted octanol–water partition coefficient (Wildman–Crippen LogP) is 4.20. The SMILES string of the molecule is CN=C(NCCCN(Cc1cccnc1)C(=O)OC(C)(C)C)NCc1cccc(OC)c1.I. The number of ether oxygens (including phenoxy) is 2. The van der Waals surface area contributed by atoms with Gasteiger partial charge in [0, 0.05) is 39.1 Å². The second kappa shape index (κ2) is 14.6. The number of rotatable bonds is 9. The summed E-state index contributed by atoms with van der Waals surface area (Å²) in [6.07, 6.45) is 3.89. The highest BCUT2D eigenvalue weighted by Crippen LogP contribution is 2.13. The van der Waals surface area contributed by atoms with Gasteiger partial charge in [0.05, 0.1) is 13.7 Å². The first-order valence-corrected chi connectivity index (χ1v) is 10.7. The number of halogens is 1. The summed E-state index contributed by atoms with van der Waals surface area (Å²) in [6.45, 7) is 7.88. The molecule has 182 valence electrons. The smallest absolute Gasteiger partial charge is 0.410 e. The molecular formula is C24H36IN5O3. The van der Waals surface area contributed by atoms with Crippen molar-refractivity contribution >= 4 is 36.0 Å². The van der Waals surface area contributed by atoms with Gasteiger partial charge in [0.25, 0.3) is 0 Å². The zero-order valence-electron chi connectivity index (χ0n) is 20.1. The summed E-state index contributed by atoms with van der Waals surface area (Å²) in [6, 6.07) is 11.7. The number of nitrogens with zero attached hydrogens (tertiary/aromatic N) is 3. The lowest BCUT2D eigenvalue weighted by molar-refractivity contribution is 0.0232. The fourth-order valence-electron chi connectivity index (χ4n) is 2.94. The first-order valence-electron chi connectivity index (χ1n) is 10.7. The molecule has 1 amide bonds. The molecular weight excluding hydrogens is 533 g/mol. The molecule has 33 heavy (non-hydrogen) atoms. The Morgan fingerprint density at radius 1 is 1.15 bits per heavy atom. The Hall–Kier alpha value is -2.56. The van der Waals surface area contributed by atoms with Crippen molar-refractivity contribution in [2.45, 2.75) is 45.9 Å². The number of hydrogen-bond acceptors (Lipinski definition) is 5. The van der Waals surface area contributed by atoms with Gasteiger partial charge in [-0.25, -0.2) is 4.79 Å². The molecule has 0 aliphatic heterocycles. The van der Waals surface area contributed by atoms with Crippen molar-refractivity contribution in [1.82, 2.24) is 20.5 Å². The molecule has 0 bridgehead atoms. The first-order chi connectivity index (χ1) is 15.3. The van der Waals surface area contributed by atoms with Crippen LogP contribution in [-0.4, -0.2) is 54.8 Å². The fraction of sp³-hybridized carbons (Fsp3) is 0.458. The number of benzene rings is 1. The number of aromatic nitrogens is 1. The lowest BCUT2D eigenvalue weighted by Crippen LogP contribution is -2.40. The second-order valence-corrected chi connectivity index (χ2v) is 8.32. The number of carbonyl (C=O) groups excluding carboxylic acids is 1. The van der Waals surface area contributed by atoms with E-state index in [0.717, 1.165) is 23.3 Å². The van der Waals surface area contributed by atoms with Gasteiger partial charge in [0.15, 0.2) is 5.96 Å². The standard InChI is InChI=1S/C24H35N5O3.HI/c1-24(2,3)32-23(30)29(18-20-10-7-12-26-16-20)14-8-13-27-22(25-4)28-17-19-9-6-11-21(15-19)31-5;/h6-7,9-12,15-16H,8,13-14,17-18H2,1-5H3,(H2,25,27,28);1H. The van der Waals surface area contributed by atoms with Crippen molar-refractivity contribution in [1.29, 1.82) is 0 Å². The van der Waals surface area contributed by atoms with E-state index in [1.165, 1.54) is 0 Å². The first kappa shape index (κ1) is 28.5. The maximum absolute atomic E-state index is 12.7. The lowest BCUT2D eigenvalue weighted by Gasteiger charge is -2.27. The van der Waals surface area contributed by atoms with E-state index >= 15 is 0 Å². The molecule has 9 heteroatoms. The van der Waals surface area contributed by atoms with E-state index in [9.17, 15) is 4.79 Å². The minimum Gasteiger partial charge on any atom is -0.497 e. The molecule has 0 saturated heterocycles. The third kappa shape index (κ3) is 11.2. The molecule has 0 radical (unpaired) electrons. The highest BCUT2D eigenvalue weighted by molar-refractivity contribution is 14.0. The number of guanidine groups is 1. The van der Waals surface area contributed by atoms with Crippen molar-refractivity contribution in [2.24, 2.45) is 4.99 Å². The maximum Gasteiger partial charge on any atom is 0.410 e. The summed E-state index contributed by atoms with van der Waals surface area (Å²) in [5.41, 5.74) is 1.51. The van der Waals surface area contributed by atoms with Gasteiger partial charge in [0.2, 0.25) is 0 Å². The average Bonchev–Trinajstić information content (AvgIpc) is 2.77. The number of methoxy groups -OCH3 is 1. The van der Waals surface area contributed by atoms with Crippen LogP contribution in [0, 0.1) is 0 Å². The largest absolute Gasteiger partial charge is 0.497 e. The van der Waals surface area contributed by atoms with Gasteiger partial charge in [-0.2, -0.15) is 0 Å². The summed E-state index contributed by atoms with van der Waals surface area (Å²) in [5.74, 6) is 1.52. The molecule has 0 saturated carbocycles. The molecule has 1 aromatic carbocycles. The van der Waals surface area contributed by atoms with Crippen LogP contribution in [0.5, 0.6) is 5.75 Å². The summed E-state index contributed by atoms with van der Waals surface area (Å²) in [7, 11) is 3.39. The number of hydrogen-bond donors (Lipinski definition) is 2. The Morgan fingerprint density at radius 3 is 2.55 bits per heavy atom. The molecule has 2 aromatic rings. The van der Waals surface area contributed by atoms with Gasteiger partial charge in [-0.3, -0.25) is 9.98 Å². The molecule has 0 atom stereocenters. The average molecular weight is 569 g/mol. The Bertz CT molecular complexity index is 872. The summed E-state index contributed by atoms with van der Waals surface area (Å²) in [4.78, 5) is 22.8. The van der Waals surface area contributed by atoms with Gasteiger partial charge >= 0.3 is 6.09 Å². The summed E-state index contributed by atoms with van der Waals surface area (Å²) in [5, 5.41) is 6.58. The normalized spacial score (nSPS) is 11.2. The van der Waals surface area contributed by atoms with Crippen molar-refractivity contribution in [2.75, 3.05) is 27.2 Å². The highest BCUT2D eigenvalue weighted by Gasteiger charge is 2.22. The van der Waals surface area contributed by atoms with Crippen LogP contribution >= 0.6 is 24.0 Å². The molecule has 1 aromatic heterocycles. The topological polar surface area (TPSA) is 88.1 Å². The third-order valence-corrected chi connectivity index (χ3v) is 4.46. The van der Waals surface area contributed by atoms with E-state index in [-0.39, 0.29) is 30.1 Å². The fourth-order valence-corrected chi connectivity index (χ4v) is 2.94. The molecule has 0 spiro atoms. The van der Waals surface area contributed by atoms with Gasteiger partial charge < -0.3 is 25.0 Å². The molecule has 2 rings (SSSR count). The lowest BCUT2D eigenvalue weighted by atomic mass is 10.2. The zero-order chi connectivity index (χ0) is 23.4. The van der Waals surface area contributed by atoms with Crippen LogP contribution in [0.3, 0.4) is 0 Å². The molecule has 0 aliphatic carbocycles. The predicted molar refractivity (Wildman–Crippen MR) is 142 cm³/mol. The number of amides is 1. The summed E-state index contributed by atoms with van der Waals surface area (Å²) >= 11 is 0. The van der Waals surface area contributed by atoms with E-state index in [2.05, 4.69) is 20.6 Å². The summed E-state index contributed by atoms with van der Waals surface area (Å²) < 4.78 is 10.8. The number of nitrogens with one attached hydrogen (secondary N) is 2. The van der Waals surface area contributed by atoms with Crippen LogP contribution in [-0.2, 0) is 17.8 Å². The van der Waals surface area contributed by atoms with Crippen molar-refractivity contribution in [3.63, 3.8) is 0 Å². The van der Waals surface area contributed by atoms with Gasteiger partial charge in [-0.15, -0.1) is 24.0 Å². The van der Waals surface area contributed by atoms with Crippen LogP contribution in [0.1, 0.15) is 38.3 Å². The van der Waals surface area contributed by atoms with Crippen LogP contribution in [0.2, 0.25) is 0 Å². The molecule has 0 aliphatic rings. The van der Waals surface area contributed by atoms with Crippen LogP contribution in [0.25, 0.3) is 0 Å². The Labute approximate surface area is 214 Å². The molecule has 2 N–H and O–H groups in total. The quantitative estimate of drug-likeness (QED) is 0.204. The highest BCUT2D eigenvalue weighted by atomic mass is 127. The van der Waals surface area contributed by atoms with Crippen LogP contribution in [0.4, 0.5) is 4.79 Å². The van der Waals surface area contributed by atoms with E-state index in [1.807, 2.05) is 57.2 Å². The minimum absolute atomic E-state index is 0. The van der Waals surface area contributed by atoms with Crippen molar-refractivity contribution in [3.05, 3.63) is 59.9 Å². The van der Waals surface area contributed by atoms with Crippen LogP contribution in [0.15, 0.2) is 53.8 Å². The second-order valence-electron chi connectivity index (χ2n) is 8.32. The number of aliphatic imine (C=N–C) groups is 1. The van der Waals surface area contributed by atoms with E-state index in [4.69, 9.17) is 9.47 Å². The number of carbonyl (C=O) groups is 1. The van der Waals surface area contributed by atoms with Crippen molar-refractivity contribution in [3.8, 4) is 5.75 Å².